The van der Waals surface area contributed by atoms with Gasteiger partial charge in [-0.25, -0.2) is 0 Å². The molecular weight excluding hydrogens is 376 g/mol. The van der Waals surface area contributed by atoms with Gasteiger partial charge in [-0.05, 0) is 113 Å². The lowest BCUT2D eigenvalue weighted by Gasteiger charge is -2.56. The first-order valence-electron chi connectivity index (χ1n) is 12.5. The number of hydrogen-bond acceptors (Lipinski definition) is 6. The molecule has 0 saturated heterocycles. The average Bonchev–Trinajstić information content (AvgIpc) is 2.70. The highest BCUT2D eigenvalue weighted by atomic mass is 16.5. The molecule has 0 amide bonds. The van der Waals surface area contributed by atoms with Crippen LogP contribution in [0.25, 0.3) is 0 Å². The van der Waals surface area contributed by atoms with Crippen LogP contribution in [-0.2, 0) is 0 Å². The summed E-state index contributed by atoms with van der Waals surface area (Å²) in [4.78, 5) is 0. The van der Waals surface area contributed by atoms with Gasteiger partial charge in [-0.2, -0.15) is 0 Å². The molecule has 0 radical (unpaired) electrons. The van der Waals surface area contributed by atoms with Crippen LogP contribution in [-0.4, -0.2) is 33.6 Å². The highest BCUT2D eigenvalue weighted by Crippen LogP contribution is 2.61. The molecule has 162 valence electrons. The van der Waals surface area contributed by atoms with Gasteiger partial charge in [0.05, 0.1) is 13.2 Å². The molecule has 6 heteroatoms. The monoisotopic (exact) mass is 410 g/mol. The smallest absolute Gasteiger partial charge is 0.355 e. The van der Waals surface area contributed by atoms with E-state index in [0.29, 0.717) is 22.9 Å². The lowest BCUT2D eigenvalue weighted by atomic mass is 9.50. The molecule has 0 aliphatic heterocycles. The minimum Gasteiger partial charge on any atom is -0.461 e. The second-order valence-electron chi connectivity index (χ2n) is 12.4. The average molecular weight is 411 g/mol. The molecule has 1 aromatic heterocycles. The van der Waals surface area contributed by atoms with Gasteiger partial charge in [0.25, 0.3) is 0 Å². The van der Waals surface area contributed by atoms with Gasteiger partial charge in [0, 0.05) is 10.8 Å². The molecule has 1 heterocycles. The Labute approximate surface area is 178 Å². The Hall–Kier alpha value is -1.46. The zero-order valence-corrected chi connectivity index (χ0v) is 18.0. The van der Waals surface area contributed by atoms with Crippen molar-refractivity contribution in [2.75, 3.05) is 13.2 Å². The van der Waals surface area contributed by atoms with E-state index in [1.54, 1.807) is 0 Å². The van der Waals surface area contributed by atoms with E-state index in [9.17, 15) is 0 Å². The highest BCUT2D eigenvalue weighted by Gasteiger charge is 2.52. The van der Waals surface area contributed by atoms with Crippen LogP contribution in [0.15, 0.2) is 0 Å². The van der Waals surface area contributed by atoms with E-state index in [1.807, 2.05) is 0 Å². The maximum atomic E-state index is 6.02. The molecule has 8 bridgehead atoms. The summed E-state index contributed by atoms with van der Waals surface area (Å²) in [5.41, 5.74) is 0.706. The molecule has 9 rings (SSSR count). The molecule has 0 unspecified atom stereocenters. The Kier molecular flexibility index (Phi) is 3.94. The van der Waals surface area contributed by atoms with Gasteiger partial charge in [-0.1, -0.05) is 20.4 Å². The van der Waals surface area contributed by atoms with E-state index in [1.165, 1.54) is 77.0 Å². The first-order valence-corrected chi connectivity index (χ1v) is 12.5. The van der Waals surface area contributed by atoms with Crippen LogP contribution in [0.5, 0.6) is 12.0 Å². The molecule has 0 N–H and O–H groups in total. The van der Waals surface area contributed by atoms with E-state index in [2.05, 4.69) is 20.4 Å². The van der Waals surface area contributed by atoms with Crippen molar-refractivity contribution in [1.82, 2.24) is 20.4 Å². The Balaban J connectivity index is 0.962. The third kappa shape index (κ3) is 3.12. The van der Waals surface area contributed by atoms with Crippen molar-refractivity contribution >= 4 is 0 Å². The fourth-order valence-electron chi connectivity index (χ4n) is 9.70. The normalized spacial score (nSPS) is 47.6. The summed E-state index contributed by atoms with van der Waals surface area (Å²) >= 11 is 0. The van der Waals surface area contributed by atoms with Crippen molar-refractivity contribution in [2.24, 2.45) is 46.3 Å². The molecule has 0 spiro atoms. The maximum absolute atomic E-state index is 6.02. The quantitative estimate of drug-likeness (QED) is 0.690. The van der Waals surface area contributed by atoms with Crippen LogP contribution in [0.2, 0.25) is 0 Å². The number of ether oxygens (including phenoxy) is 2. The molecule has 8 aliphatic carbocycles. The molecule has 30 heavy (non-hydrogen) atoms. The zero-order chi connectivity index (χ0) is 19.8. The van der Waals surface area contributed by atoms with Crippen LogP contribution in [0.4, 0.5) is 0 Å². The van der Waals surface area contributed by atoms with Gasteiger partial charge in [-0.15, -0.1) is 0 Å². The second-order valence-corrected chi connectivity index (χ2v) is 12.4. The molecule has 8 saturated carbocycles. The molecule has 1 aromatic rings. The minimum absolute atomic E-state index is 0.313. The van der Waals surface area contributed by atoms with Crippen LogP contribution in [0, 0.1) is 46.3 Å². The van der Waals surface area contributed by atoms with Crippen molar-refractivity contribution in [1.29, 1.82) is 0 Å². The largest absolute Gasteiger partial charge is 0.461 e. The number of aromatic nitrogens is 4. The predicted molar refractivity (Wildman–Crippen MR) is 110 cm³/mol. The van der Waals surface area contributed by atoms with Crippen molar-refractivity contribution in [3.63, 3.8) is 0 Å². The Morgan fingerprint density at radius 3 is 1.03 bits per heavy atom. The Morgan fingerprint density at radius 2 is 0.767 bits per heavy atom. The summed E-state index contributed by atoms with van der Waals surface area (Å²) in [7, 11) is 0. The summed E-state index contributed by atoms with van der Waals surface area (Å²) in [5, 5.41) is 16.8. The third-order valence-corrected chi connectivity index (χ3v) is 9.79. The molecular formula is C24H34N4O2. The lowest BCUT2D eigenvalue weighted by molar-refractivity contribution is -0.0777. The molecule has 0 atom stereocenters. The molecule has 0 aromatic carbocycles. The van der Waals surface area contributed by atoms with E-state index >= 15 is 0 Å². The van der Waals surface area contributed by atoms with Crippen molar-refractivity contribution in [3.8, 4) is 12.0 Å². The van der Waals surface area contributed by atoms with Gasteiger partial charge in [-0.3, -0.25) is 0 Å². The summed E-state index contributed by atoms with van der Waals surface area (Å²) in [6.07, 6.45) is 16.7. The predicted octanol–water partition coefficient (Wildman–Crippen LogP) is 4.46. The SMILES string of the molecule is C1C2CC3CC1CC(COc1nnc(OCC45CC6CC(CC(C6)C4)C5)nn1)(C2)C3. The molecule has 6 nitrogen and oxygen atoms in total. The van der Waals surface area contributed by atoms with E-state index in [0.717, 1.165) is 48.7 Å². The molecule has 8 fully saturated rings. The molecule has 8 aliphatic rings. The first-order chi connectivity index (χ1) is 14.6. The number of hydrogen-bond donors (Lipinski definition) is 0. The van der Waals surface area contributed by atoms with Crippen LogP contribution in [0.3, 0.4) is 0 Å². The third-order valence-electron chi connectivity index (χ3n) is 9.79. The minimum atomic E-state index is 0.313. The van der Waals surface area contributed by atoms with Gasteiger partial charge >= 0.3 is 12.0 Å². The van der Waals surface area contributed by atoms with E-state index < -0.39 is 0 Å². The topological polar surface area (TPSA) is 70.0 Å². The van der Waals surface area contributed by atoms with Gasteiger partial charge in [0.2, 0.25) is 0 Å². The van der Waals surface area contributed by atoms with Gasteiger partial charge in [0.15, 0.2) is 0 Å². The summed E-state index contributed by atoms with van der Waals surface area (Å²) in [6.45, 7) is 1.46. The van der Waals surface area contributed by atoms with Gasteiger partial charge < -0.3 is 9.47 Å². The lowest BCUT2D eigenvalue weighted by Crippen LogP contribution is -2.49. The summed E-state index contributed by atoms with van der Waals surface area (Å²) in [6, 6.07) is 0.626. The van der Waals surface area contributed by atoms with Crippen LogP contribution >= 0.6 is 0 Å². The van der Waals surface area contributed by atoms with E-state index in [4.69, 9.17) is 9.47 Å². The Morgan fingerprint density at radius 1 is 0.500 bits per heavy atom. The fraction of sp³-hybridized carbons (Fsp3) is 0.917. The number of nitrogens with zero attached hydrogens (tertiary/aromatic N) is 4. The number of rotatable bonds is 6. The summed E-state index contributed by atoms with van der Waals surface area (Å²) < 4.78 is 12.0. The highest BCUT2D eigenvalue weighted by molar-refractivity contribution is 5.04. The van der Waals surface area contributed by atoms with Crippen molar-refractivity contribution in [2.45, 2.75) is 77.0 Å². The standard InChI is InChI=1S/C24H34N4O2/c1-15-2-17-3-16(1)8-23(7-15,9-17)13-29-21-25-27-22(28-26-21)30-14-24-10-18-4-19(11-24)6-20(5-18)12-24/h15-20H,1-14H2. The van der Waals surface area contributed by atoms with E-state index in [-0.39, 0.29) is 0 Å². The maximum Gasteiger partial charge on any atom is 0.355 e. The second kappa shape index (κ2) is 6.52. The van der Waals surface area contributed by atoms with Crippen LogP contribution < -0.4 is 9.47 Å². The Bertz CT molecular complexity index is 672. The van der Waals surface area contributed by atoms with Crippen LogP contribution in [0.1, 0.15) is 77.0 Å². The first kappa shape index (κ1) is 18.1. The van der Waals surface area contributed by atoms with Gasteiger partial charge in [0.1, 0.15) is 0 Å². The summed E-state index contributed by atoms with van der Waals surface area (Å²) in [5.74, 6) is 5.57. The zero-order valence-electron chi connectivity index (χ0n) is 18.0. The van der Waals surface area contributed by atoms with Crippen molar-refractivity contribution in [3.05, 3.63) is 0 Å². The van der Waals surface area contributed by atoms with Crippen molar-refractivity contribution < 1.29 is 9.47 Å². The fourth-order valence-corrected chi connectivity index (χ4v) is 9.70.